The first kappa shape index (κ1) is 36.7. The number of ether oxygens (including phenoxy) is 2. The largest absolute Gasteiger partial charge is 0.508 e. The third kappa shape index (κ3) is 8.51. The van der Waals surface area contributed by atoms with Crippen molar-refractivity contribution in [3.8, 4) is 16.9 Å². The van der Waals surface area contributed by atoms with Crippen molar-refractivity contribution >= 4 is 6.03 Å². The number of nitrogens with one attached hydrogen (secondary N) is 2. The zero-order valence-corrected chi connectivity index (χ0v) is 31.1. The Morgan fingerprint density at radius 1 is 0.815 bits per heavy atom. The van der Waals surface area contributed by atoms with E-state index in [1.54, 1.807) is 18.2 Å². The molecule has 54 heavy (non-hydrogen) atoms. The number of phenolic OH excluding ortho intramolecular Hbond substituents is 1. The minimum absolute atomic E-state index is 0.00874. The highest BCUT2D eigenvalue weighted by Crippen LogP contribution is 2.55. The van der Waals surface area contributed by atoms with Crippen LogP contribution in [0.2, 0.25) is 0 Å². The number of aliphatic hydroxyl groups excluding tert-OH is 2. The molecule has 4 atom stereocenters. The smallest absolute Gasteiger partial charge is 0.315 e. The number of phenols is 1. The zero-order chi connectivity index (χ0) is 37.2. The molecule has 1 saturated heterocycles. The predicted molar refractivity (Wildman–Crippen MR) is 207 cm³/mol. The van der Waals surface area contributed by atoms with Gasteiger partial charge < -0.3 is 40.3 Å². The minimum atomic E-state index is -0.759. The molecule has 4 aliphatic carbocycles. The molecule has 0 unspecified atom stereocenters. The van der Waals surface area contributed by atoms with E-state index in [-0.39, 0.29) is 36.1 Å². The van der Waals surface area contributed by atoms with Crippen LogP contribution in [0.25, 0.3) is 11.1 Å². The highest BCUT2D eigenvalue weighted by molar-refractivity contribution is 5.75. The van der Waals surface area contributed by atoms with Crippen LogP contribution >= 0.6 is 0 Å². The van der Waals surface area contributed by atoms with Gasteiger partial charge >= 0.3 is 6.03 Å². The van der Waals surface area contributed by atoms with Crippen molar-refractivity contribution in [3.63, 3.8) is 0 Å². The molecule has 5 fully saturated rings. The maximum atomic E-state index is 13.1. The number of likely N-dealkylation sites (N-methyl/N-ethyl adjacent to an activating group) is 1. The van der Waals surface area contributed by atoms with Crippen molar-refractivity contribution in [2.75, 3.05) is 20.1 Å². The lowest BCUT2D eigenvalue weighted by Crippen LogP contribution is -2.61. The van der Waals surface area contributed by atoms with E-state index in [0.29, 0.717) is 31.6 Å². The van der Waals surface area contributed by atoms with Crippen molar-refractivity contribution in [1.82, 2.24) is 15.5 Å². The molecule has 4 aromatic rings. The first-order chi connectivity index (χ1) is 26.2. The fourth-order valence-electron chi connectivity index (χ4n) is 10.0. The molecular formula is C45H53N3O6. The van der Waals surface area contributed by atoms with Crippen LogP contribution in [0.15, 0.2) is 97.1 Å². The molecule has 4 aromatic carbocycles. The normalized spacial score (nSPS) is 27.9. The highest BCUT2D eigenvalue weighted by atomic mass is 16.7. The Morgan fingerprint density at radius 3 is 2.19 bits per heavy atom. The predicted octanol–water partition coefficient (Wildman–Crippen LogP) is 7.53. The van der Waals surface area contributed by atoms with E-state index in [9.17, 15) is 20.1 Å². The first-order valence-electron chi connectivity index (χ1n) is 19.6. The van der Waals surface area contributed by atoms with Gasteiger partial charge in [0.05, 0.1) is 24.9 Å². The number of carbonyl (C=O) groups is 1. The lowest BCUT2D eigenvalue weighted by atomic mass is 9.53. The summed E-state index contributed by atoms with van der Waals surface area (Å²) in [6.45, 7) is 1.39. The number of aromatic hydroxyl groups is 1. The summed E-state index contributed by atoms with van der Waals surface area (Å²) in [6, 6.07) is 31.1. The Balaban J connectivity index is 0.916. The fraction of sp³-hybridized carbons (Fsp3) is 0.444. The van der Waals surface area contributed by atoms with Gasteiger partial charge in [0.15, 0.2) is 6.29 Å². The Kier molecular flexibility index (Phi) is 10.8. The molecule has 0 aromatic heterocycles. The van der Waals surface area contributed by atoms with Gasteiger partial charge in [-0.3, -0.25) is 0 Å². The van der Waals surface area contributed by atoms with Gasteiger partial charge in [0.2, 0.25) is 0 Å². The van der Waals surface area contributed by atoms with Gasteiger partial charge in [0.25, 0.3) is 0 Å². The second-order valence-electron chi connectivity index (χ2n) is 16.5. The number of nitrogens with zero attached hydrogens (tertiary/aromatic N) is 1. The summed E-state index contributed by atoms with van der Waals surface area (Å²) in [7, 11) is 1.96. The highest BCUT2D eigenvalue weighted by Gasteiger charge is 2.51. The Labute approximate surface area is 318 Å². The van der Waals surface area contributed by atoms with Crippen LogP contribution in [0.1, 0.15) is 91.3 Å². The van der Waals surface area contributed by atoms with Gasteiger partial charge in [-0.1, -0.05) is 78.9 Å². The molecule has 0 spiro atoms. The number of aliphatic hydroxyl groups is 2. The van der Waals surface area contributed by atoms with E-state index in [1.807, 2.05) is 60.5 Å². The molecule has 284 valence electrons. The summed E-state index contributed by atoms with van der Waals surface area (Å²) in [4.78, 5) is 15.2. The third-order valence-electron chi connectivity index (χ3n) is 12.2. The number of amides is 2. The average Bonchev–Trinajstić information content (AvgIpc) is 3.16. The minimum Gasteiger partial charge on any atom is -0.508 e. The number of urea groups is 1. The van der Waals surface area contributed by atoms with Crippen molar-refractivity contribution in [2.24, 2.45) is 17.8 Å². The molecular weight excluding hydrogens is 679 g/mol. The Hall–Kier alpha value is -4.25. The van der Waals surface area contributed by atoms with Gasteiger partial charge in [-0.2, -0.15) is 0 Å². The molecule has 9 heteroatoms. The number of hydrogen-bond acceptors (Lipinski definition) is 7. The van der Waals surface area contributed by atoms with Crippen LogP contribution in [-0.4, -0.2) is 58.0 Å². The van der Waals surface area contributed by atoms with Crippen LogP contribution < -0.4 is 10.6 Å². The second kappa shape index (κ2) is 15.8. The number of carbonyl (C=O) groups excluding carboxylic acids is 1. The lowest BCUT2D eigenvalue weighted by Gasteiger charge is -2.56. The third-order valence-corrected chi connectivity index (χ3v) is 12.2. The van der Waals surface area contributed by atoms with Crippen LogP contribution in [-0.2, 0) is 22.6 Å². The quantitative estimate of drug-likeness (QED) is 0.102. The van der Waals surface area contributed by atoms with Crippen molar-refractivity contribution < 1.29 is 29.6 Å². The van der Waals surface area contributed by atoms with Crippen molar-refractivity contribution in [3.05, 3.63) is 125 Å². The van der Waals surface area contributed by atoms with E-state index >= 15 is 0 Å². The molecule has 0 radical (unpaired) electrons. The summed E-state index contributed by atoms with van der Waals surface area (Å²) in [6.07, 6.45) is 6.32. The van der Waals surface area contributed by atoms with E-state index in [2.05, 4.69) is 41.0 Å². The van der Waals surface area contributed by atoms with Gasteiger partial charge in [0.1, 0.15) is 5.75 Å². The summed E-state index contributed by atoms with van der Waals surface area (Å²) in [5.41, 5.74) is 6.59. The standard InChI is InChI=1S/C45H53N3O6/c1-48(27-41(51)38-6-3-7-39(50)20-38)26-40-21-42(35-10-8-29(28-49)9-11-35)54-43(53-40)36-14-12-34(13-15-36)37-5-2-4-30(19-37)25-46-44(52)47-45-22-31-16-32(23-45)18-33(17-31)24-45/h2-15,19-20,31-33,40-43,49-51H,16-18,21-28H2,1H3,(H2,46,47,52)/t31?,32?,33?,40-,41-,42+,43+,45?/m1/s1. The van der Waals surface area contributed by atoms with E-state index in [4.69, 9.17) is 9.47 Å². The number of rotatable bonds is 12. The molecule has 1 heterocycles. The molecule has 9 nitrogen and oxygen atoms in total. The summed E-state index contributed by atoms with van der Waals surface area (Å²) < 4.78 is 13.2. The van der Waals surface area contributed by atoms with Crippen LogP contribution in [0.5, 0.6) is 5.75 Å². The zero-order valence-electron chi connectivity index (χ0n) is 31.1. The maximum absolute atomic E-state index is 13.1. The molecule has 4 bridgehead atoms. The van der Waals surface area contributed by atoms with Crippen LogP contribution in [0.4, 0.5) is 4.79 Å². The van der Waals surface area contributed by atoms with Crippen molar-refractivity contribution in [1.29, 1.82) is 0 Å². The first-order valence-corrected chi connectivity index (χ1v) is 19.6. The summed E-state index contributed by atoms with van der Waals surface area (Å²) >= 11 is 0. The Bertz CT molecular complexity index is 1860. The van der Waals surface area contributed by atoms with E-state index < -0.39 is 12.4 Å². The maximum Gasteiger partial charge on any atom is 0.315 e. The van der Waals surface area contributed by atoms with Crippen molar-refractivity contribution in [2.45, 2.75) is 88.2 Å². The number of hydrogen-bond donors (Lipinski definition) is 5. The van der Waals surface area contributed by atoms with Crippen LogP contribution in [0.3, 0.4) is 0 Å². The topological polar surface area (TPSA) is 124 Å². The van der Waals surface area contributed by atoms with E-state index in [1.165, 1.54) is 19.3 Å². The average molecular weight is 732 g/mol. The fourth-order valence-corrected chi connectivity index (χ4v) is 10.0. The van der Waals surface area contributed by atoms with Gasteiger partial charge in [-0.05, 0) is 115 Å². The van der Waals surface area contributed by atoms with Gasteiger partial charge in [0, 0.05) is 37.2 Å². The molecule has 4 saturated carbocycles. The molecule has 9 rings (SSSR count). The SMILES string of the molecule is CN(C[C@H]1C[C@@H](c2ccc(CO)cc2)O[C@@H](c2ccc(-c3cccc(CNC(=O)NC45CC6CC(CC(C6)C4)C5)c3)cc2)O1)C[C@@H](O)c1cccc(O)c1. The van der Waals surface area contributed by atoms with Gasteiger partial charge in [-0.15, -0.1) is 0 Å². The number of benzene rings is 4. The monoisotopic (exact) mass is 731 g/mol. The van der Waals surface area contributed by atoms with Crippen LogP contribution in [0, 0.1) is 17.8 Å². The second-order valence-corrected chi connectivity index (χ2v) is 16.5. The molecule has 5 aliphatic rings. The van der Waals surface area contributed by atoms with E-state index in [0.717, 1.165) is 70.4 Å². The molecule has 5 N–H and O–H groups in total. The molecule has 2 amide bonds. The summed E-state index contributed by atoms with van der Waals surface area (Å²) in [5, 5.41) is 36.9. The molecule has 1 aliphatic heterocycles. The van der Waals surface area contributed by atoms with Gasteiger partial charge in [-0.25, -0.2) is 4.79 Å². The lowest BCUT2D eigenvalue weighted by molar-refractivity contribution is -0.252. The summed E-state index contributed by atoms with van der Waals surface area (Å²) in [5.74, 6) is 2.48. The Morgan fingerprint density at radius 2 is 1.50 bits per heavy atom.